The fourth-order valence-corrected chi connectivity index (χ4v) is 1.52. The van der Waals surface area contributed by atoms with Gasteiger partial charge in [0.2, 0.25) is 6.79 Å². The van der Waals surface area contributed by atoms with Gasteiger partial charge in [-0.1, -0.05) is 0 Å². The summed E-state index contributed by atoms with van der Waals surface area (Å²) in [5.41, 5.74) is -0.572. The molecule has 1 saturated heterocycles. The van der Waals surface area contributed by atoms with Crippen molar-refractivity contribution in [2.75, 3.05) is 19.9 Å². The Morgan fingerprint density at radius 1 is 1.06 bits per heavy atom. The average Bonchev–Trinajstić information content (AvgIpc) is 2.28. The SMILES string of the molecule is CC(C)(C)C(=O)OCOC(=O)N1CCCCC1. The first-order chi connectivity index (χ1) is 7.91. The molecule has 0 aliphatic carbocycles. The highest BCUT2D eigenvalue weighted by atomic mass is 16.7. The van der Waals surface area contributed by atoms with E-state index in [1.165, 1.54) is 0 Å². The fraction of sp³-hybridized carbons (Fsp3) is 0.833. The fourth-order valence-electron chi connectivity index (χ4n) is 1.52. The summed E-state index contributed by atoms with van der Waals surface area (Å²) in [7, 11) is 0. The van der Waals surface area contributed by atoms with Crippen molar-refractivity contribution in [1.29, 1.82) is 0 Å². The predicted octanol–water partition coefficient (Wildman–Crippen LogP) is 2.16. The highest BCUT2D eigenvalue weighted by Gasteiger charge is 2.24. The molecule has 5 nitrogen and oxygen atoms in total. The molecule has 0 aromatic heterocycles. The molecular weight excluding hydrogens is 222 g/mol. The van der Waals surface area contributed by atoms with Crippen molar-refractivity contribution >= 4 is 12.1 Å². The van der Waals surface area contributed by atoms with Gasteiger partial charge in [0, 0.05) is 13.1 Å². The molecule has 17 heavy (non-hydrogen) atoms. The van der Waals surface area contributed by atoms with Crippen molar-refractivity contribution in [1.82, 2.24) is 4.90 Å². The summed E-state index contributed by atoms with van der Waals surface area (Å²) in [6, 6.07) is 0. The Morgan fingerprint density at radius 2 is 1.65 bits per heavy atom. The van der Waals surface area contributed by atoms with Crippen LogP contribution in [0.15, 0.2) is 0 Å². The van der Waals surface area contributed by atoms with Gasteiger partial charge < -0.3 is 14.4 Å². The molecule has 5 heteroatoms. The number of likely N-dealkylation sites (tertiary alicyclic amines) is 1. The third-order valence-corrected chi connectivity index (χ3v) is 2.60. The lowest BCUT2D eigenvalue weighted by Crippen LogP contribution is -2.37. The van der Waals surface area contributed by atoms with E-state index in [1.54, 1.807) is 25.7 Å². The van der Waals surface area contributed by atoms with E-state index in [2.05, 4.69) is 0 Å². The van der Waals surface area contributed by atoms with Crippen LogP contribution in [0.3, 0.4) is 0 Å². The minimum absolute atomic E-state index is 0.300. The minimum atomic E-state index is -0.572. The molecular formula is C12H21NO4. The van der Waals surface area contributed by atoms with Crippen molar-refractivity contribution in [3.05, 3.63) is 0 Å². The molecule has 1 amide bonds. The summed E-state index contributed by atoms with van der Waals surface area (Å²) >= 11 is 0. The smallest absolute Gasteiger partial charge is 0.412 e. The zero-order valence-electron chi connectivity index (χ0n) is 10.8. The van der Waals surface area contributed by atoms with Gasteiger partial charge in [0.25, 0.3) is 0 Å². The summed E-state index contributed by atoms with van der Waals surface area (Å²) in [6.45, 7) is 6.41. The van der Waals surface area contributed by atoms with Crippen LogP contribution in [0.4, 0.5) is 4.79 Å². The lowest BCUT2D eigenvalue weighted by atomic mass is 9.98. The van der Waals surface area contributed by atoms with Gasteiger partial charge in [-0.2, -0.15) is 0 Å². The van der Waals surface area contributed by atoms with Crippen LogP contribution in [0, 0.1) is 5.41 Å². The van der Waals surface area contributed by atoms with Crippen LogP contribution in [-0.4, -0.2) is 36.8 Å². The first-order valence-corrected chi connectivity index (χ1v) is 6.00. The van der Waals surface area contributed by atoms with Crippen molar-refractivity contribution in [2.24, 2.45) is 5.41 Å². The molecule has 1 heterocycles. The molecule has 0 aromatic carbocycles. The Bertz CT molecular complexity index is 277. The van der Waals surface area contributed by atoms with Crippen molar-refractivity contribution < 1.29 is 19.1 Å². The van der Waals surface area contributed by atoms with Crippen molar-refractivity contribution in [2.45, 2.75) is 40.0 Å². The third-order valence-electron chi connectivity index (χ3n) is 2.60. The number of nitrogens with zero attached hydrogens (tertiary/aromatic N) is 1. The Morgan fingerprint density at radius 3 is 2.18 bits per heavy atom. The second-order valence-corrected chi connectivity index (χ2v) is 5.26. The predicted molar refractivity (Wildman–Crippen MR) is 62.3 cm³/mol. The Hall–Kier alpha value is -1.26. The highest BCUT2D eigenvalue weighted by Crippen LogP contribution is 2.15. The lowest BCUT2D eigenvalue weighted by molar-refractivity contribution is -0.161. The van der Waals surface area contributed by atoms with E-state index in [-0.39, 0.29) is 12.8 Å². The monoisotopic (exact) mass is 243 g/mol. The first kappa shape index (κ1) is 13.8. The van der Waals surface area contributed by atoms with Crippen LogP contribution < -0.4 is 0 Å². The number of ether oxygens (including phenoxy) is 2. The summed E-state index contributed by atoms with van der Waals surface area (Å²) in [5.74, 6) is -0.371. The van der Waals surface area contributed by atoms with Gasteiger partial charge in [-0.25, -0.2) is 4.79 Å². The standard InChI is InChI=1S/C12H21NO4/c1-12(2,3)10(14)16-9-17-11(15)13-7-5-4-6-8-13/h4-9H2,1-3H3. The van der Waals surface area contributed by atoms with E-state index in [0.29, 0.717) is 0 Å². The summed E-state index contributed by atoms with van der Waals surface area (Å²) in [5, 5.41) is 0. The zero-order chi connectivity index (χ0) is 12.9. The molecule has 0 atom stereocenters. The molecule has 0 aromatic rings. The molecule has 0 saturated carbocycles. The normalized spacial score (nSPS) is 16.5. The van der Waals surface area contributed by atoms with Crippen molar-refractivity contribution in [3.63, 3.8) is 0 Å². The number of rotatable bonds is 2. The molecule has 1 rings (SSSR count). The van der Waals surface area contributed by atoms with E-state index < -0.39 is 11.5 Å². The number of hydrogen-bond donors (Lipinski definition) is 0. The molecule has 98 valence electrons. The number of piperidine rings is 1. The maximum absolute atomic E-state index is 11.5. The molecule has 0 spiro atoms. The molecule has 1 aliphatic rings. The molecule has 1 fully saturated rings. The summed E-state index contributed by atoms with van der Waals surface area (Å²) < 4.78 is 9.75. The summed E-state index contributed by atoms with van der Waals surface area (Å²) in [6.07, 6.45) is 2.78. The number of carbonyl (C=O) groups is 2. The highest BCUT2D eigenvalue weighted by molar-refractivity contribution is 5.75. The first-order valence-electron chi connectivity index (χ1n) is 6.00. The van der Waals surface area contributed by atoms with Crippen LogP contribution in [0.2, 0.25) is 0 Å². The quantitative estimate of drug-likeness (QED) is 0.551. The van der Waals surface area contributed by atoms with Gasteiger partial charge in [-0.3, -0.25) is 4.79 Å². The van der Waals surface area contributed by atoms with Gasteiger partial charge >= 0.3 is 12.1 Å². The van der Waals surface area contributed by atoms with Gasteiger partial charge in [0.1, 0.15) is 0 Å². The average molecular weight is 243 g/mol. The van der Waals surface area contributed by atoms with E-state index in [0.717, 1.165) is 32.4 Å². The Kier molecular flexibility index (Phi) is 4.78. The summed E-state index contributed by atoms with van der Waals surface area (Å²) in [4.78, 5) is 24.6. The number of hydrogen-bond acceptors (Lipinski definition) is 4. The third kappa shape index (κ3) is 4.63. The van der Waals surface area contributed by atoms with E-state index in [1.807, 2.05) is 0 Å². The van der Waals surface area contributed by atoms with Crippen molar-refractivity contribution in [3.8, 4) is 0 Å². The van der Waals surface area contributed by atoms with Gasteiger partial charge in [0.15, 0.2) is 0 Å². The largest absolute Gasteiger partial charge is 0.427 e. The van der Waals surface area contributed by atoms with Gasteiger partial charge in [-0.15, -0.1) is 0 Å². The molecule has 0 bridgehead atoms. The number of carbonyl (C=O) groups excluding carboxylic acids is 2. The maximum atomic E-state index is 11.5. The molecule has 0 N–H and O–H groups in total. The van der Waals surface area contributed by atoms with Crippen LogP contribution in [0.25, 0.3) is 0 Å². The Balaban J connectivity index is 2.22. The topological polar surface area (TPSA) is 55.8 Å². The van der Waals surface area contributed by atoms with E-state index >= 15 is 0 Å². The number of amides is 1. The Labute approximate surface area is 102 Å². The zero-order valence-corrected chi connectivity index (χ0v) is 10.8. The minimum Gasteiger partial charge on any atom is -0.427 e. The lowest BCUT2D eigenvalue weighted by Gasteiger charge is -2.25. The van der Waals surface area contributed by atoms with E-state index in [4.69, 9.17) is 9.47 Å². The molecule has 0 unspecified atom stereocenters. The molecule has 0 radical (unpaired) electrons. The maximum Gasteiger partial charge on any atom is 0.412 e. The second kappa shape index (κ2) is 5.89. The van der Waals surface area contributed by atoms with Gasteiger partial charge in [-0.05, 0) is 40.0 Å². The van der Waals surface area contributed by atoms with Crippen LogP contribution in [0.1, 0.15) is 40.0 Å². The second-order valence-electron chi connectivity index (χ2n) is 5.26. The van der Waals surface area contributed by atoms with Gasteiger partial charge in [0.05, 0.1) is 5.41 Å². The van der Waals surface area contributed by atoms with Crippen LogP contribution in [0.5, 0.6) is 0 Å². The van der Waals surface area contributed by atoms with Crippen LogP contribution in [-0.2, 0) is 14.3 Å². The van der Waals surface area contributed by atoms with E-state index in [9.17, 15) is 9.59 Å². The number of esters is 1. The van der Waals surface area contributed by atoms with Crippen LogP contribution >= 0.6 is 0 Å². The molecule has 1 aliphatic heterocycles.